The molecular weight excluding hydrogens is 294 g/mol. The van der Waals surface area contributed by atoms with Crippen LogP contribution in [-0.2, 0) is 6.42 Å². The highest BCUT2D eigenvalue weighted by Gasteiger charge is 2.13. The van der Waals surface area contributed by atoms with E-state index in [-0.39, 0.29) is 11.5 Å². The maximum absolute atomic E-state index is 12.3. The summed E-state index contributed by atoms with van der Waals surface area (Å²) in [6, 6.07) is 14.9. The number of aromatic nitrogens is 1. The number of rotatable bonds is 4. The zero-order valence-electron chi connectivity index (χ0n) is 12.1. The summed E-state index contributed by atoms with van der Waals surface area (Å²) >= 11 is 1.35. The summed E-state index contributed by atoms with van der Waals surface area (Å²) in [5.74, 6) is 0.223. The molecule has 2 aromatic carbocycles. The van der Waals surface area contributed by atoms with E-state index < -0.39 is 0 Å². The molecule has 1 aromatic heterocycles. The standard InChI is InChI=1S/C18H15NO2S/c1-12-4-2-5-13(8-12)9-16(21)18-19-11-17(22-18)14-6-3-7-15(20)10-14/h2-8,10-11,20H,9H2,1H3. The van der Waals surface area contributed by atoms with Crippen molar-refractivity contribution < 1.29 is 9.90 Å². The Hall–Kier alpha value is -2.46. The van der Waals surface area contributed by atoms with Gasteiger partial charge in [0.2, 0.25) is 0 Å². The lowest BCUT2D eigenvalue weighted by Gasteiger charge is -2.00. The molecule has 0 spiro atoms. The second-order valence-electron chi connectivity index (χ2n) is 5.17. The Labute approximate surface area is 132 Å². The van der Waals surface area contributed by atoms with Gasteiger partial charge in [-0.2, -0.15) is 0 Å². The van der Waals surface area contributed by atoms with Crippen LogP contribution in [0.3, 0.4) is 0 Å². The van der Waals surface area contributed by atoms with E-state index in [0.29, 0.717) is 11.4 Å². The number of thiazole rings is 1. The minimum Gasteiger partial charge on any atom is -0.508 e. The zero-order chi connectivity index (χ0) is 15.5. The fraction of sp³-hybridized carbons (Fsp3) is 0.111. The largest absolute Gasteiger partial charge is 0.508 e. The Morgan fingerprint density at radius 1 is 1.18 bits per heavy atom. The smallest absolute Gasteiger partial charge is 0.195 e. The highest BCUT2D eigenvalue weighted by molar-refractivity contribution is 7.17. The summed E-state index contributed by atoms with van der Waals surface area (Å²) in [6.07, 6.45) is 2.04. The number of carbonyl (C=O) groups is 1. The number of aromatic hydroxyl groups is 1. The van der Waals surface area contributed by atoms with Crippen molar-refractivity contribution in [3.63, 3.8) is 0 Å². The van der Waals surface area contributed by atoms with Crippen LogP contribution in [-0.4, -0.2) is 15.9 Å². The van der Waals surface area contributed by atoms with Gasteiger partial charge in [-0.3, -0.25) is 4.79 Å². The molecule has 3 aromatic rings. The summed E-state index contributed by atoms with van der Waals surface area (Å²) in [6.45, 7) is 2.01. The van der Waals surface area contributed by atoms with Gasteiger partial charge in [0, 0.05) is 12.6 Å². The summed E-state index contributed by atoms with van der Waals surface area (Å²) < 4.78 is 0. The van der Waals surface area contributed by atoms with E-state index in [1.165, 1.54) is 11.3 Å². The Bertz CT molecular complexity index is 823. The first kappa shape index (κ1) is 14.5. The molecule has 1 N–H and O–H groups in total. The van der Waals surface area contributed by atoms with Crippen LogP contribution in [0.1, 0.15) is 20.9 Å². The lowest BCUT2D eigenvalue weighted by atomic mass is 10.1. The van der Waals surface area contributed by atoms with E-state index in [2.05, 4.69) is 4.98 Å². The molecule has 1 heterocycles. The van der Waals surface area contributed by atoms with Gasteiger partial charge in [0.25, 0.3) is 0 Å². The number of Topliss-reactive ketones (excluding diaryl/α,β-unsaturated/α-hetero) is 1. The highest BCUT2D eigenvalue weighted by atomic mass is 32.1. The molecular formula is C18H15NO2S. The Morgan fingerprint density at radius 2 is 2.00 bits per heavy atom. The SMILES string of the molecule is Cc1cccc(CC(=O)c2ncc(-c3cccc(O)c3)s2)c1. The fourth-order valence-electron chi connectivity index (χ4n) is 2.28. The number of benzene rings is 2. The van der Waals surface area contributed by atoms with E-state index in [9.17, 15) is 9.90 Å². The number of ketones is 1. The first-order chi connectivity index (χ1) is 10.6. The van der Waals surface area contributed by atoms with Crippen molar-refractivity contribution in [2.75, 3.05) is 0 Å². The fourth-order valence-corrected chi connectivity index (χ4v) is 3.13. The highest BCUT2D eigenvalue weighted by Crippen LogP contribution is 2.29. The number of hydrogen-bond donors (Lipinski definition) is 1. The van der Waals surface area contributed by atoms with Gasteiger partial charge in [0.15, 0.2) is 10.8 Å². The van der Waals surface area contributed by atoms with E-state index in [0.717, 1.165) is 21.6 Å². The first-order valence-electron chi connectivity index (χ1n) is 6.96. The van der Waals surface area contributed by atoms with E-state index >= 15 is 0 Å². The number of aryl methyl sites for hydroxylation is 1. The maximum Gasteiger partial charge on any atom is 0.195 e. The van der Waals surface area contributed by atoms with Crippen LogP contribution in [0.15, 0.2) is 54.7 Å². The molecule has 0 fully saturated rings. The van der Waals surface area contributed by atoms with Crippen LogP contribution in [0.5, 0.6) is 5.75 Å². The van der Waals surface area contributed by atoms with Crippen molar-refractivity contribution in [3.8, 4) is 16.2 Å². The molecule has 0 saturated carbocycles. The van der Waals surface area contributed by atoms with Crippen molar-refractivity contribution in [1.82, 2.24) is 4.98 Å². The topological polar surface area (TPSA) is 50.2 Å². The number of nitrogens with zero attached hydrogens (tertiary/aromatic N) is 1. The first-order valence-corrected chi connectivity index (χ1v) is 7.77. The van der Waals surface area contributed by atoms with Crippen molar-refractivity contribution >= 4 is 17.1 Å². The van der Waals surface area contributed by atoms with Crippen LogP contribution in [0.25, 0.3) is 10.4 Å². The molecule has 22 heavy (non-hydrogen) atoms. The van der Waals surface area contributed by atoms with Gasteiger partial charge in [-0.25, -0.2) is 4.98 Å². The molecule has 0 aliphatic carbocycles. The molecule has 0 bridgehead atoms. The third-order valence-electron chi connectivity index (χ3n) is 3.32. The van der Waals surface area contributed by atoms with Crippen molar-refractivity contribution in [1.29, 1.82) is 0 Å². The van der Waals surface area contributed by atoms with Crippen LogP contribution < -0.4 is 0 Å². The predicted molar refractivity (Wildman–Crippen MR) is 88.4 cm³/mol. The second kappa shape index (κ2) is 6.12. The van der Waals surface area contributed by atoms with E-state index in [1.807, 2.05) is 37.3 Å². The summed E-state index contributed by atoms with van der Waals surface area (Å²) in [4.78, 5) is 17.4. The molecule has 0 saturated heterocycles. The number of hydrogen-bond acceptors (Lipinski definition) is 4. The Balaban J connectivity index is 1.80. The Morgan fingerprint density at radius 3 is 2.77 bits per heavy atom. The van der Waals surface area contributed by atoms with Gasteiger partial charge in [0.05, 0.1) is 4.88 Å². The zero-order valence-corrected chi connectivity index (χ0v) is 12.9. The molecule has 110 valence electrons. The Kier molecular flexibility index (Phi) is 4.02. The van der Waals surface area contributed by atoms with Crippen LogP contribution in [0.2, 0.25) is 0 Å². The van der Waals surface area contributed by atoms with Crippen molar-refractivity contribution in [2.24, 2.45) is 0 Å². The van der Waals surface area contributed by atoms with Gasteiger partial charge in [-0.05, 0) is 30.2 Å². The minimum absolute atomic E-state index is 0.0157. The normalized spacial score (nSPS) is 10.6. The molecule has 0 radical (unpaired) electrons. The maximum atomic E-state index is 12.3. The third kappa shape index (κ3) is 3.23. The van der Waals surface area contributed by atoms with Crippen molar-refractivity contribution in [3.05, 3.63) is 70.9 Å². The molecule has 4 heteroatoms. The van der Waals surface area contributed by atoms with Gasteiger partial charge >= 0.3 is 0 Å². The monoisotopic (exact) mass is 309 g/mol. The average Bonchev–Trinajstić information content (AvgIpc) is 2.97. The lowest BCUT2D eigenvalue weighted by molar-refractivity contribution is 0.0992. The molecule has 0 aliphatic heterocycles. The summed E-state index contributed by atoms with van der Waals surface area (Å²) in [7, 11) is 0. The molecule has 0 aliphatic rings. The lowest BCUT2D eigenvalue weighted by Crippen LogP contribution is -2.02. The summed E-state index contributed by atoms with van der Waals surface area (Å²) in [5.41, 5.74) is 3.01. The molecule has 0 amide bonds. The quantitative estimate of drug-likeness (QED) is 0.733. The van der Waals surface area contributed by atoms with Crippen LogP contribution in [0.4, 0.5) is 0 Å². The number of carbonyl (C=O) groups excluding carboxylic acids is 1. The number of phenols is 1. The van der Waals surface area contributed by atoms with Gasteiger partial charge in [-0.15, -0.1) is 11.3 Å². The predicted octanol–water partition coefficient (Wildman–Crippen LogP) is 4.25. The second-order valence-corrected chi connectivity index (χ2v) is 6.20. The van der Waals surface area contributed by atoms with Crippen molar-refractivity contribution in [2.45, 2.75) is 13.3 Å². The van der Waals surface area contributed by atoms with Gasteiger partial charge < -0.3 is 5.11 Å². The van der Waals surface area contributed by atoms with E-state index in [1.54, 1.807) is 24.4 Å². The third-order valence-corrected chi connectivity index (χ3v) is 4.41. The van der Waals surface area contributed by atoms with Gasteiger partial charge in [0.1, 0.15) is 5.75 Å². The minimum atomic E-state index is 0.0157. The van der Waals surface area contributed by atoms with Crippen LogP contribution >= 0.6 is 11.3 Å². The van der Waals surface area contributed by atoms with E-state index in [4.69, 9.17) is 0 Å². The average molecular weight is 309 g/mol. The molecule has 3 rings (SSSR count). The molecule has 0 atom stereocenters. The van der Waals surface area contributed by atoms with Gasteiger partial charge in [-0.1, -0.05) is 42.0 Å². The number of phenolic OH excluding ortho intramolecular Hbond substituents is 1. The van der Waals surface area contributed by atoms with Crippen LogP contribution in [0, 0.1) is 6.92 Å². The molecule has 3 nitrogen and oxygen atoms in total. The summed E-state index contributed by atoms with van der Waals surface area (Å²) in [5, 5.41) is 10.0. The molecule has 0 unspecified atom stereocenters.